The van der Waals surface area contributed by atoms with Crippen LogP contribution in [0.5, 0.6) is 0 Å². The summed E-state index contributed by atoms with van der Waals surface area (Å²) in [5, 5.41) is 9.31. The third-order valence-corrected chi connectivity index (χ3v) is 2.60. The van der Waals surface area contributed by atoms with Gasteiger partial charge in [0.2, 0.25) is 11.9 Å². The van der Waals surface area contributed by atoms with Crippen molar-refractivity contribution in [1.82, 2.24) is 15.2 Å². The maximum absolute atomic E-state index is 11.9. The van der Waals surface area contributed by atoms with Crippen LogP contribution in [-0.4, -0.2) is 21.1 Å². The average Bonchev–Trinajstić information content (AvgIpc) is 2.65. The van der Waals surface area contributed by atoms with Gasteiger partial charge in [0.25, 0.3) is 0 Å². The first kappa shape index (κ1) is 12.7. The predicted molar refractivity (Wildman–Crippen MR) is 63.1 cm³/mol. The van der Waals surface area contributed by atoms with Crippen LogP contribution < -0.4 is 5.32 Å². The van der Waals surface area contributed by atoms with Gasteiger partial charge < -0.3 is 0 Å². The largest absolute Gasteiger partial charge is 0.293 e. The molecule has 0 bridgehead atoms. The molecule has 5 nitrogen and oxygen atoms in total. The summed E-state index contributed by atoms with van der Waals surface area (Å²) < 4.78 is 0. The summed E-state index contributed by atoms with van der Waals surface area (Å²) in [5.41, 5.74) is 0. The molecular formula is C11H20N4O. The molecule has 0 spiro atoms. The molecule has 1 atom stereocenters. The molecule has 90 valence electrons. The number of carbonyl (C=O) groups excluding carboxylic acids is 1. The van der Waals surface area contributed by atoms with Crippen molar-refractivity contribution in [2.45, 2.75) is 46.5 Å². The monoisotopic (exact) mass is 224 g/mol. The first-order valence-electron chi connectivity index (χ1n) is 5.87. The van der Waals surface area contributed by atoms with Gasteiger partial charge in [-0.15, -0.1) is 5.10 Å². The quantitative estimate of drug-likeness (QED) is 0.778. The third kappa shape index (κ3) is 3.64. The van der Waals surface area contributed by atoms with Crippen LogP contribution >= 0.6 is 0 Å². The Hall–Kier alpha value is -1.39. The van der Waals surface area contributed by atoms with Crippen molar-refractivity contribution in [2.75, 3.05) is 5.32 Å². The topological polar surface area (TPSA) is 70.7 Å². The maximum Gasteiger partial charge on any atom is 0.248 e. The van der Waals surface area contributed by atoms with Crippen LogP contribution in [0, 0.1) is 12.8 Å². The van der Waals surface area contributed by atoms with Gasteiger partial charge in [-0.2, -0.15) is 4.98 Å². The molecule has 5 heteroatoms. The second-order valence-corrected chi connectivity index (χ2v) is 3.98. The number of unbranched alkanes of at least 4 members (excludes halogenated alkanes) is 1. The van der Waals surface area contributed by atoms with Crippen LogP contribution in [0.2, 0.25) is 0 Å². The molecule has 0 aliphatic heterocycles. The van der Waals surface area contributed by atoms with E-state index in [-0.39, 0.29) is 11.8 Å². The number of anilines is 1. The molecule has 0 fully saturated rings. The van der Waals surface area contributed by atoms with Crippen molar-refractivity contribution >= 4 is 11.9 Å². The van der Waals surface area contributed by atoms with Crippen molar-refractivity contribution in [1.29, 1.82) is 0 Å². The van der Waals surface area contributed by atoms with Crippen molar-refractivity contribution in [3.8, 4) is 0 Å². The molecule has 0 aromatic carbocycles. The highest BCUT2D eigenvalue weighted by molar-refractivity contribution is 5.90. The Bertz CT molecular complexity index is 334. The summed E-state index contributed by atoms with van der Waals surface area (Å²) in [6.07, 6.45) is 3.99. The number of H-pyrrole nitrogens is 1. The number of hydrogen-bond donors (Lipinski definition) is 2. The second-order valence-electron chi connectivity index (χ2n) is 3.98. The Labute approximate surface area is 96.0 Å². The zero-order chi connectivity index (χ0) is 12.0. The van der Waals surface area contributed by atoms with E-state index in [2.05, 4.69) is 27.4 Å². The summed E-state index contributed by atoms with van der Waals surface area (Å²) in [6.45, 7) is 5.96. The number of aryl methyl sites for hydroxylation is 1. The molecule has 1 unspecified atom stereocenters. The third-order valence-electron chi connectivity index (χ3n) is 2.60. The number of rotatable bonds is 6. The van der Waals surface area contributed by atoms with Crippen LogP contribution in [0.25, 0.3) is 0 Å². The van der Waals surface area contributed by atoms with E-state index >= 15 is 0 Å². The minimum Gasteiger partial charge on any atom is -0.293 e. The van der Waals surface area contributed by atoms with Gasteiger partial charge in [0.15, 0.2) is 0 Å². The fraction of sp³-hybridized carbons (Fsp3) is 0.727. The number of carbonyl (C=O) groups is 1. The SMILES string of the molecule is CCCCC(CC)C(=O)Nc1n[nH]c(C)n1. The smallest absolute Gasteiger partial charge is 0.248 e. The molecule has 0 aliphatic rings. The van der Waals surface area contributed by atoms with Crippen LogP contribution in [-0.2, 0) is 4.79 Å². The van der Waals surface area contributed by atoms with E-state index in [9.17, 15) is 4.79 Å². The van der Waals surface area contributed by atoms with Gasteiger partial charge in [0.1, 0.15) is 5.82 Å². The molecule has 0 saturated heterocycles. The highest BCUT2D eigenvalue weighted by atomic mass is 16.2. The lowest BCUT2D eigenvalue weighted by molar-refractivity contribution is -0.120. The van der Waals surface area contributed by atoms with E-state index < -0.39 is 0 Å². The van der Waals surface area contributed by atoms with Crippen LogP contribution in [0.3, 0.4) is 0 Å². The summed E-state index contributed by atoms with van der Waals surface area (Å²) in [7, 11) is 0. The predicted octanol–water partition coefficient (Wildman–Crippen LogP) is 2.27. The van der Waals surface area contributed by atoms with E-state index in [1.165, 1.54) is 0 Å². The summed E-state index contributed by atoms with van der Waals surface area (Å²) in [6, 6.07) is 0. The van der Waals surface area contributed by atoms with Crippen molar-refractivity contribution in [2.24, 2.45) is 5.92 Å². The molecule has 16 heavy (non-hydrogen) atoms. The zero-order valence-electron chi connectivity index (χ0n) is 10.2. The first-order valence-corrected chi connectivity index (χ1v) is 5.87. The molecule has 2 N–H and O–H groups in total. The van der Waals surface area contributed by atoms with E-state index in [1.54, 1.807) is 6.92 Å². The van der Waals surface area contributed by atoms with E-state index in [0.29, 0.717) is 11.8 Å². The fourth-order valence-electron chi connectivity index (χ4n) is 1.58. The summed E-state index contributed by atoms with van der Waals surface area (Å²) in [5.74, 6) is 1.17. The summed E-state index contributed by atoms with van der Waals surface area (Å²) >= 11 is 0. The van der Waals surface area contributed by atoms with Gasteiger partial charge in [0.05, 0.1) is 0 Å². The standard InChI is InChI=1S/C11H20N4O/c1-4-6-7-9(5-2)10(16)13-11-12-8(3)14-15-11/h9H,4-7H2,1-3H3,(H2,12,13,14,15,16). The number of hydrogen-bond acceptors (Lipinski definition) is 3. The highest BCUT2D eigenvalue weighted by Crippen LogP contribution is 2.14. The molecule has 1 rings (SSSR count). The number of nitrogens with one attached hydrogen (secondary N) is 2. The van der Waals surface area contributed by atoms with Crippen LogP contribution in [0.1, 0.15) is 45.4 Å². The van der Waals surface area contributed by atoms with Gasteiger partial charge >= 0.3 is 0 Å². The van der Waals surface area contributed by atoms with Gasteiger partial charge in [-0.1, -0.05) is 26.7 Å². The Morgan fingerprint density at radius 3 is 2.75 bits per heavy atom. The molecule has 1 aromatic heterocycles. The zero-order valence-corrected chi connectivity index (χ0v) is 10.2. The fourth-order valence-corrected chi connectivity index (χ4v) is 1.58. The Balaban J connectivity index is 2.49. The lowest BCUT2D eigenvalue weighted by Crippen LogP contribution is -2.22. The number of aromatic nitrogens is 3. The molecule has 0 aliphatic carbocycles. The van der Waals surface area contributed by atoms with Crippen molar-refractivity contribution in [3.05, 3.63) is 5.82 Å². The molecule has 0 radical (unpaired) electrons. The number of aromatic amines is 1. The van der Waals surface area contributed by atoms with E-state index in [1.807, 2.05) is 6.92 Å². The minimum absolute atomic E-state index is 0.0231. The lowest BCUT2D eigenvalue weighted by Gasteiger charge is -2.12. The van der Waals surface area contributed by atoms with Crippen molar-refractivity contribution in [3.63, 3.8) is 0 Å². The van der Waals surface area contributed by atoms with Gasteiger partial charge in [-0.05, 0) is 19.8 Å². The number of amides is 1. The average molecular weight is 224 g/mol. The molecule has 1 heterocycles. The maximum atomic E-state index is 11.9. The normalized spacial score (nSPS) is 12.4. The van der Waals surface area contributed by atoms with E-state index in [4.69, 9.17) is 0 Å². The lowest BCUT2D eigenvalue weighted by atomic mass is 9.99. The van der Waals surface area contributed by atoms with Gasteiger partial charge in [-0.25, -0.2) is 0 Å². The van der Waals surface area contributed by atoms with Crippen LogP contribution in [0.15, 0.2) is 0 Å². The molecular weight excluding hydrogens is 204 g/mol. The molecule has 1 amide bonds. The Morgan fingerprint density at radius 2 is 2.25 bits per heavy atom. The Morgan fingerprint density at radius 1 is 1.50 bits per heavy atom. The van der Waals surface area contributed by atoms with Crippen molar-refractivity contribution < 1.29 is 4.79 Å². The van der Waals surface area contributed by atoms with Gasteiger partial charge in [-0.3, -0.25) is 15.2 Å². The Kier molecular flexibility index (Phi) is 4.95. The second kappa shape index (κ2) is 6.25. The minimum atomic E-state index is 0.0231. The highest BCUT2D eigenvalue weighted by Gasteiger charge is 2.17. The molecule has 0 saturated carbocycles. The van der Waals surface area contributed by atoms with Gasteiger partial charge in [0, 0.05) is 5.92 Å². The summed E-state index contributed by atoms with van der Waals surface area (Å²) in [4.78, 5) is 15.9. The van der Waals surface area contributed by atoms with Crippen LogP contribution in [0.4, 0.5) is 5.95 Å². The first-order chi connectivity index (χ1) is 7.67. The number of nitrogens with zero attached hydrogens (tertiary/aromatic N) is 2. The van der Waals surface area contributed by atoms with E-state index in [0.717, 1.165) is 25.7 Å². The molecule has 1 aromatic rings.